The van der Waals surface area contributed by atoms with E-state index in [1.54, 1.807) is 24.3 Å². The number of rotatable bonds is 7. The van der Waals surface area contributed by atoms with Crippen molar-refractivity contribution in [3.05, 3.63) is 35.9 Å². The summed E-state index contributed by atoms with van der Waals surface area (Å²) in [6.07, 6.45) is 5.79. The summed E-state index contributed by atoms with van der Waals surface area (Å²) in [7, 11) is 0. The van der Waals surface area contributed by atoms with Crippen LogP contribution in [0.15, 0.2) is 24.3 Å². The lowest BCUT2D eigenvalue weighted by Crippen LogP contribution is -2.14. The van der Waals surface area contributed by atoms with Crippen molar-refractivity contribution in [2.45, 2.75) is 52.1 Å². The molecule has 1 rings (SSSR count). The van der Waals surface area contributed by atoms with Crippen LogP contribution in [0.25, 0.3) is 0 Å². The molecule has 0 saturated carbocycles. The topological polar surface area (TPSA) is 26.3 Å². The predicted octanol–water partition coefficient (Wildman–Crippen LogP) is 4.00. The second-order valence-corrected chi connectivity index (χ2v) is 4.35. The highest BCUT2D eigenvalue weighted by molar-refractivity contribution is 5.89. The van der Waals surface area contributed by atoms with Gasteiger partial charge in [-0.3, -0.25) is 0 Å². The lowest BCUT2D eigenvalue weighted by molar-refractivity contribution is 0.0319. The number of carbonyl (C=O) groups excluding carboxylic acids is 1. The maximum Gasteiger partial charge on any atom is 0.338 e. The molecule has 2 nitrogen and oxygen atoms in total. The number of hydrogen-bond acceptors (Lipinski definition) is 2. The molecule has 0 amide bonds. The summed E-state index contributed by atoms with van der Waals surface area (Å²) >= 11 is 0. The maximum absolute atomic E-state index is 11.7. The molecule has 2 heteroatoms. The minimum Gasteiger partial charge on any atom is -0.459 e. The molecule has 0 saturated heterocycles. The van der Waals surface area contributed by atoms with Crippen molar-refractivity contribution in [1.82, 2.24) is 0 Å². The van der Waals surface area contributed by atoms with E-state index in [4.69, 9.17) is 4.74 Å². The molecule has 0 spiro atoms. The van der Waals surface area contributed by atoms with E-state index in [9.17, 15) is 4.79 Å². The summed E-state index contributed by atoms with van der Waals surface area (Å²) in [6, 6.07) is 9.79. The van der Waals surface area contributed by atoms with Gasteiger partial charge in [0.25, 0.3) is 0 Å². The van der Waals surface area contributed by atoms with Gasteiger partial charge in [-0.15, -0.1) is 0 Å². The fraction of sp³-hybridized carbons (Fsp3) is 0.533. The molecule has 0 aliphatic carbocycles. The first-order chi connectivity index (χ1) is 8.24. The van der Waals surface area contributed by atoms with E-state index in [-0.39, 0.29) is 12.1 Å². The summed E-state index contributed by atoms with van der Waals surface area (Å²) in [5, 5.41) is 0. The summed E-state index contributed by atoms with van der Waals surface area (Å²) in [6.45, 7) is 4.15. The number of hydrogen-bond donors (Lipinski definition) is 0. The molecule has 1 aromatic rings. The van der Waals surface area contributed by atoms with Crippen LogP contribution in [0.1, 0.15) is 56.3 Å². The highest BCUT2D eigenvalue weighted by Crippen LogP contribution is 2.10. The first-order valence-electron chi connectivity index (χ1n) is 6.41. The predicted molar refractivity (Wildman–Crippen MR) is 68.9 cm³/mol. The monoisotopic (exact) mass is 233 g/mol. The van der Waals surface area contributed by atoms with Crippen molar-refractivity contribution >= 4 is 5.97 Å². The Morgan fingerprint density at radius 2 is 2.00 bits per heavy atom. The zero-order valence-electron chi connectivity index (χ0n) is 10.7. The molecule has 0 N–H and O–H groups in total. The summed E-state index contributed by atoms with van der Waals surface area (Å²) in [5.74, 6) is -0.234. The van der Waals surface area contributed by atoms with E-state index in [0.717, 1.165) is 12.8 Å². The number of esters is 1. The van der Waals surface area contributed by atoms with Gasteiger partial charge in [-0.1, -0.05) is 38.3 Å². The summed E-state index contributed by atoms with van der Waals surface area (Å²) in [5.41, 5.74) is 0.601. The van der Waals surface area contributed by atoms with Crippen LogP contribution in [-0.2, 0) is 4.74 Å². The van der Waals surface area contributed by atoms with E-state index in [1.807, 2.05) is 6.92 Å². The third-order valence-corrected chi connectivity index (χ3v) is 2.73. The van der Waals surface area contributed by atoms with Crippen molar-refractivity contribution in [1.29, 1.82) is 0 Å². The van der Waals surface area contributed by atoms with Crippen molar-refractivity contribution in [2.24, 2.45) is 0 Å². The zero-order valence-corrected chi connectivity index (χ0v) is 10.7. The van der Waals surface area contributed by atoms with Crippen molar-refractivity contribution in [3.63, 3.8) is 0 Å². The van der Waals surface area contributed by atoms with Crippen LogP contribution in [0.2, 0.25) is 0 Å². The first kappa shape index (κ1) is 13.8. The average Bonchev–Trinajstić information content (AvgIpc) is 2.36. The minimum atomic E-state index is -0.234. The molecule has 17 heavy (non-hydrogen) atoms. The molecule has 0 aromatic heterocycles. The molecule has 0 bridgehead atoms. The van der Waals surface area contributed by atoms with Crippen LogP contribution in [0.3, 0.4) is 0 Å². The van der Waals surface area contributed by atoms with E-state index in [1.165, 1.54) is 19.3 Å². The third-order valence-electron chi connectivity index (χ3n) is 2.73. The molecule has 93 valence electrons. The lowest BCUT2D eigenvalue weighted by Gasteiger charge is -2.12. The summed E-state index contributed by atoms with van der Waals surface area (Å²) in [4.78, 5) is 11.7. The molecule has 0 fully saturated rings. The van der Waals surface area contributed by atoms with Gasteiger partial charge in [-0.25, -0.2) is 4.79 Å². The Labute approximate surface area is 104 Å². The molecule has 0 aliphatic heterocycles. The highest BCUT2D eigenvalue weighted by Gasteiger charge is 2.10. The van der Waals surface area contributed by atoms with Gasteiger partial charge in [-0.2, -0.15) is 0 Å². The lowest BCUT2D eigenvalue weighted by atomic mass is 10.1. The molecule has 1 unspecified atom stereocenters. The van der Waals surface area contributed by atoms with Crippen molar-refractivity contribution < 1.29 is 9.53 Å². The van der Waals surface area contributed by atoms with E-state index in [2.05, 4.69) is 13.0 Å². The Bertz CT molecular complexity index is 319. The van der Waals surface area contributed by atoms with Gasteiger partial charge in [0.1, 0.15) is 0 Å². The fourth-order valence-corrected chi connectivity index (χ4v) is 1.69. The fourth-order valence-electron chi connectivity index (χ4n) is 1.69. The van der Waals surface area contributed by atoms with Crippen LogP contribution in [0.4, 0.5) is 0 Å². The van der Waals surface area contributed by atoms with Gasteiger partial charge in [0.05, 0.1) is 11.7 Å². The van der Waals surface area contributed by atoms with Gasteiger partial charge < -0.3 is 4.74 Å². The Kier molecular flexibility index (Phi) is 6.38. The first-order valence-corrected chi connectivity index (χ1v) is 6.41. The SMILES string of the molecule is CCCCCCC(C)OC(=O)c1cc[c]cc1. The Balaban J connectivity index is 2.26. The van der Waals surface area contributed by atoms with Gasteiger partial charge in [0, 0.05) is 0 Å². The van der Waals surface area contributed by atoms with Crippen molar-refractivity contribution in [2.75, 3.05) is 0 Å². The molecular formula is C15H21O2. The quantitative estimate of drug-likeness (QED) is 0.525. The Morgan fingerprint density at radius 3 is 2.65 bits per heavy atom. The smallest absolute Gasteiger partial charge is 0.338 e. The van der Waals surface area contributed by atoms with Crippen LogP contribution in [-0.4, -0.2) is 12.1 Å². The maximum atomic E-state index is 11.7. The third kappa shape index (κ3) is 5.53. The zero-order chi connectivity index (χ0) is 12.5. The second kappa shape index (κ2) is 7.88. The van der Waals surface area contributed by atoms with Gasteiger partial charge >= 0.3 is 5.97 Å². The molecule has 0 heterocycles. The van der Waals surface area contributed by atoms with Gasteiger partial charge in [0.15, 0.2) is 0 Å². The van der Waals surface area contributed by atoms with Crippen LogP contribution < -0.4 is 0 Å². The Morgan fingerprint density at radius 1 is 1.29 bits per heavy atom. The largest absolute Gasteiger partial charge is 0.459 e. The Hall–Kier alpha value is -1.31. The van der Waals surface area contributed by atoms with E-state index < -0.39 is 0 Å². The van der Waals surface area contributed by atoms with Gasteiger partial charge in [-0.05, 0) is 38.0 Å². The number of carbonyl (C=O) groups is 1. The molecule has 0 aliphatic rings. The van der Waals surface area contributed by atoms with Crippen molar-refractivity contribution in [3.8, 4) is 0 Å². The van der Waals surface area contributed by atoms with Gasteiger partial charge in [0.2, 0.25) is 0 Å². The number of benzene rings is 1. The average molecular weight is 233 g/mol. The van der Waals surface area contributed by atoms with E-state index >= 15 is 0 Å². The molecular weight excluding hydrogens is 212 g/mol. The van der Waals surface area contributed by atoms with Crippen LogP contribution in [0, 0.1) is 6.07 Å². The van der Waals surface area contributed by atoms with Crippen LogP contribution >= 0.6 is 0 Å². The van der Waals surface area contributed by atoms with E-state index in [0.29, 0.717) is 5.56 Å². The number of unbranched alkanes of at least 4 members (excludes halogenated alkanes) is 3. The second-order valence-electron chi connectivity index (χ2n) is 4.35. The molecule has 1 atom stereocenters. The highest BCUT2D eigenvalue weighted by atomic mass is 16.5. The standard InChI is InChI=1S/C15H21O2/c1-3-4-5-7-10-13(2)17-15(16)14-11-8-6-9-12-14/h8-9,11-13H,3-5,7,10H2,1-2H3. The minimum absolute atomic E-state index is 0.00328. The molecule has 1 radical (unpaired) electrons. The number of ether oxygens (including phenoxy) is 1. The normalized spacial score (nSPS) is 12.1. The van der Waals surface area contributed by atoms with Crippen LogP contribution in [0.5, 0.6) is 0 Å². The summed E-state index contributed by atoms with van der Waals surface area (Å²) < 4.78 is 5.36. The molecule has 1 aromatic carbocycles.